The van der Waals surface area contributed by atoms with Crippen LogP contribution in [0.3, 0.4) is 0 Å². The quantitative estimate of drug-likeness (QED) is 0.0312. The smallest absolute Gasteiger partial charge is 0.337 e. The first-order chi connectivity index (χ1) is 61.7. The van der Waals surface area contributed by atoms with Crippen LogP contribution in [0.2, 0.25) is 10.0 Å². The lowest BCUT2D eigenvalue weighted by Crippen LogP contribution is -2.66. The molecule has 2 saturated heterocycles. The average Bonchev–Trinajstić information content (AvgIpc) is 0.748. The van der Waals surface area contributed by atoms with Crippen molar-refractivity contribution < 1.29 is 137 Å². The van der Waals surface area contributed by atoms with Crippen molar-refractivity contribution in [3.63, 3.8) is 0 Å². The highest BCUT2D eigenvalue weighted by Crippen LogP contribution is 2.51. The van der Waals surface area contributed by atoms with Gasteiger partial charge in [-0.05, 0) is 147 Å². The highest BCUT2D eigenvalue weighted by Gasteiger charge is 2.52. The van der Waals surface area contributed by atoms with Gasteiger partial charge in [-0.15, -0.1) is 0 Å². The highest BCUT2D eigenvalue weighted by atomic mass is 35.5. The number of aliphatic hydroxyl groups excluding tert-OH is 7. The summed E-state index contributed by atoms with van der Waals surface area (Å²) in [4.78, 5) is 141. The van der Waals surface area contributed by atoms with Gasteiger partial charge in [0.15, 0.2) is 29.1 Å². The predicted molar refractivity (Wildman–Crippen MR) is 457 cm³/mol. The molecule has 0 aromatic heterocycles. The molecule has 8 heterocycles. The summed E-state index contributed by atoms with van der Waals surface area (Å²) >= 11 is 14.4. The Kier molecular flexibility index (Phi) is 30.6. The number of benzene rings is 7. The van der Waals surface area contributed by atoms with Crippen LogP contribution in [-0.4, -0.2) is 236 Å². The Labute approximate surface area is 748 Å². The summed E-state index contributed by atoms with van der Waals surface area (Å²) in [5.41, 5.74) is -2.58. The lowest BCUT2D eigenvalue weighted by atomic mass is 9.89. The number of nitrogens with zero attached hydrogens (tertiary/aromatic N) is 1. The zero-order valence-electron chi connectivity index (χ0n) is 70.5. The fourth-order valence-electron chi connectivity index (χ4n) is 16.1. The molecule has 0 spiro atoms. The molecule has 8 aliphatic heterocycles. The molecule has 8 aliphatic rings. The van der Waals surface area contributed by atoms with E-state index < -0.39 is 271 Å². The maximum atomic E-state index is 16.9. The number of carbonyl (C=O) groups is 9. The molecule has 7 aromatic carbocycles. The average molecular weight is 1830 g/mol. The monoisotopic (exact) mass is 1830 g/mol. The number of unbranched alkanes of at least 4 members (excludes halogenated alkanes) is 8. The molecule has 129 heavy (non-hydrogen) atoms. The van der Waals surface area contributed by atoms with Crippen LogP contribution in [0.4, 0.5) is 0 Å². The minimum absolute atomic E-state index is 0.0893. The lowest BCUT2D eigenvalue weighted by Gasteiger charge is -2.41. The predicted octanol–water partition coefficient (Wildman–Crippen LogP) is 4.40. The van der Waals surface area contributed by atoms with E-state index in [0.717, 1.165) is 119 Å². The zero-order chi connectivity index (χ0) is 92.5. The Balaban J connectivity index is 1.04. The minimum atomic E-state index is -2.44. The number of halogens is 2. The van der Waals surface area contributed by atoms with Gasteiger partial charge in [0, 0.05) is 48.2 Å². The van der Waals surface area contributed by atoms with E-state index in [2.05, 4.69) is 54.8 Å². The van der Waals surface area contributed by atoms with Crippen LogP contribution in [-0.2, 0) is 63.8 Å². The van der Waals surface area contributed by atoms with Gasteiger partial charge < -0.3 is 147 Å². The topological polar surface area (TPSA) is 562 Å². The number of amides is 8. The van der Waals surface area contributed by atoms with Crippen LogP contribution in [0.15, 0.2) is 115 Å². The number of methoxy groups -OCH3 is 1. The standard InChI is InChI=1S/C89H102Cl2N10O28/c1-6-7-8-9-10-11-12-13-14-16-62(107)95-71-74(110)76(112)79(87(121)122-5)129-88(71)128-78-59-33-44-34-60(78)125-56-26-21-43(31-51(56)90)72(108)70-86(120)99-68(81(115)93-27-15-28-101(3)4)49-35-45(103)36-58(126-89-77(113)75(111)73(109)61(39-102)127-89)63(49)48-30-41(19-24-53(48)104)66(83(117)100-70)96-84(118)67(44)97-85(119)69-50-37-47(38-55(106)64(50)91)124-57-32-42(20-25-54(57)105)65(92-2)82(116)94-52(80(114)98-69)29-40-17-22-46(123-59)23-18-40/h17-26,30-38,52,61,65-77,79,88-89,92,102-106,108-113H,6-16,27-29,39H2,1-5H3,(H,93,115)(H,94,116)(H,95,107)(H,96,118)(H,97,119)(H,98,114)(H,99,120)(H,100,117)/t52-,61-,65+,66-,67-,68-,69+,70+,71-,72-,73-,74-,75+,76+,77+,79+,88-,89+/m1/s1. The van der Waals surface area contributed by atoms with Crippen LogP contribution in [0, 0.1) is 0 Å². The third kappa shape index (κ3) is 21.5. The number of phenolic OH excluding ortho intramolecular Hbond substituents is 4. The molecule has 38 nitrogen and oxygen atoms in total. The number of carbonyl (C=O) groups excluding carboxylic acids is 9. The Morgan fingerprint density at radius 2 is 1.19 bits per heavy atom. The number of ether oxygens (including phenoxy) is 8. The first-order valence-electron chi connectivity index (χ1n) is 42.0. The summed E-state index contributed by atoms with van der Waals surface area (Å²) in [6, 6.07) is 6.09. The molecule has 40 heteroatoms. The van der Waals surface area contributed by atoms with Crippen molar-refractivity contribution in [2.24, 2.45) is 0 Å². The van der Waals surface area contributed by atoms with Crippen molar-refractivity contribution in [2.75, 3.05) is 47.9 Å². The fraction of sp³-hybridized carbons (Fsp3) is 0.427. The van der Waals surface area contributed by atoms with Gasteiger partial charge in [-0.2, -0.15) is 0 Å². The van der Waals surface area contributed by atoms with Gasteiger partial charge in [0.2, 0.25) is 65.6 Å². The van der Waals surface area contributed by atoms with E-state index in [0.29, 0.717) is 31.4 Å². The number of hydrogen-bond donors (Lipinski definition) is 20. The molecule has 17 bridgehead atoms. The van der Waals surface area contributed by atoms with Gasteiger partial charge in [-0.1, -0.05) is 112 Å². The summed E-state index contributed by atoms with van der Waals surface area (Å²) in [5, 5.41) is 151. The minimum Gasteiger partial charge on any atom is -0.508 e. The number of likely N-dealkylation sites (N-methyl/N-ethyl adjacent to an activating group) is 1. The van der Waals surface area contributed by atoms with E-state index in [9.17, 15) is 70.6 Å². The van der Waals surface area contributed by atoms with Crippen molar-refractivity contribution in [3.05, 3.63) is 164 Å². The zero-order valence-corrected chi connectivity index (χ0v) is 72.0. The van der Waals surface area contributed by atoms with Crippen LogP contribution in [0.25, 0.3) is 11.1 Å². The van der Waals surface area contributed by atoms with Crippen LogP contribution in [0.5, 0.6) is 69.0 Å². The van der Waals surface area contributed by atoms with Crippen LogP contribution in [0.1, 0.15) is 153 Å². The van der Waals surface area contributed by atoms with Gasteiger partial charge in [0.1, 0.15) is 131 Å². The van der Waals surface area contributed by atoms with E-state index in [-0.39, 0.29) is 41.3 Å². The van der Waals surface area contributed by atoms with Crippen molar-refractivity contribution in [3.8, 4) is 80.1 Å². The number of fused-ring (bicyclic) bond motifs is 14. The number of aliphatic hydroxyl groups is 7. The normalized spacial score (nSPS) is 25.7. The number of aromatic hydroxyl groups is 4. The van der Waals surface area contributed by atoms with Crippen LogP contribution >= 0.6 is 23.2 Å². The molecular formula is C89H102Cl2N10O28. The van der Waals surface area contributed by atoms with E-state index in [1.165, 1.54) is 55.6 Å². The van der Waals surface area contributed by atoms with Gasteiger partial charge in [0.25, 0.3) is 0 Å². The summed E-state index contributed by atoms with van der Waals surface area (Å²) in [7, 11) is 5.94. The Hall–Kier alpha value is -11.9. The number of esters is 1. The maximum Gasteiger partial charge on any atom is 0.337 e. The molecule has 0 saturated carbocycles. The number of nitrogens with one attached hydrogen (secondary N) is 9. The van der Waals surface area contributed by atoms with Crippen molar-refractivity contribution in [2.45, 2.75) is 194 Å². The van der Waals surface area contributed by atoms with Crippen LogP contribution < -0.4 is 71.5 Å². The second-order valence-electron chi connectivity index (χ2n) is 32.4. The van der Waals surface area contributed by atoms with Crippen molar-refractivity contribution >= 4 is 76.4 Å². The van der Waals surface area contributed by atoms with E-state index in [4.69, 9.17) is 61.1 Å². The molecule has 0 unspecified atom stereocenters. The molecule has 690 valence electrons. The molecule has 7 aromatic rings. The lowest BCUT2D eigenvalue weighted by molar-refractivity contribution is -0.277. The van der Waals surface area contributed by atoms with Gasteiger partial charge >= 0.3 is 5.97 Å². The summed E-state index contributed by atoms with van der Waals surface area (Å²) < 4.78 is 50.0. The summed E-state index contributed by atoms with van der Waals surface area (Å²) in [5.74, 6) is -17.1. The van der Waals surface area contributed by atoms with Gasteiger partial charge in [-0.25, -0.2) is 4.79 Å². The SMILES string of the molecule is CCCCCCCCCCCC(=O)N[C@H]1[C@H](Oc2c3cc4cc2Oc2ccc(cc2Cl)[C@@H](O)[C@@H]2NC(=O)[C@H](NC(=O)[C@@H]4NC(=O)[C@H]4NC(=O)[C@@H](Cc5ccc(cc5)O3)NC(=O)[C@@H](NC)c3ccc(O)c(c3)Oc3cc(O)c(Cl)c4c3)c3ccc(O)c(c3)-c3c(O[C@H]4O[C@H](CO)[C@@H](O)[C@H](O)[C@@H]4O)cc(O)cc3[C@H](C(=O)NCCCN(C)C)NC2=O)O[C@H](C(=O)OC)[C@@H](O)[C@@H]1O. The Morgan fingerprint density at radius 1 is 0.550 bits per heavy atom. The highest BCUT2D eigenvalue weighted by molar-refractivity contribution is 6.33. The molecule has 2 fully saturated rings. The summed E-state index contributed by atoms with van der Waals surface area (Å²) in [6.07, 6.45) is -12.8. The van der Waals surface area contributed by atoms with Crippen molar-refractivity contribution in [1.29, 1.82) is 0 Å². The second kappa shape index (κ2) is 41.7. The third-order valence-corrected chi connectivity index (χ3v) is 23.7. The molecular weight excluding hydrogens is 1730 g/mol. The molecule has 0 radical (unpaired) electrons. The second-order valence-corrected chi connectivity index (χ2v) is 33.2. The maximum absolute atomic E-state index is 16.9. The molecule has 0 aliphatic carbocycles. The first kappa shape index (κ1) is 94.7. The summed E-state index contributed by atoms with van der Waals surface area (Å²) in [6.45, 7) is 1.48. The molecule has 15 rings (SSSR count). The largest absolute Gasteiger partial charge is 0.508 e. The van der Waals surface area contributed by atoms with Crippen molar-refractivity contribution in [1.82, 2.24) is 52.8 Å². The van der Waals surface area contributed by atoms with E-state index >= 15 is 28.8 Å². The first-order valence-corrected chi connectivity index (χ1v) is 42.8. The van der Waals surface area contributed by atoms with E-state index in [1.807, 2.05) is 4.90 Å². The van der Waals surface area contributed by atoms with Gasteiger partial charge in [-0.3, -0.25) is 38.4 Å². The molecule has 18 atom stereocenters. The fourth-order valence-corrected chi connectivity index (χ4v) is 16.5. The number of hydrogen-bond acceptors (Lipinski definition) is 30. The molecule has 8 amide bonds. The number of rotatable bonds is 23. The van der Waals surface area contributed by atoms with E-state index in [1.54, 1.807) is 14.1 Å². The third-order valence-electron chi connectivity index (χ3n) is 23.0. The molecule has 20 N–H and O–H groups in total. The van der Waals surface area contributed by atoms with Gasteiger partial charge in [0.05, 0.1) is 23.8 Å². The number of phenols is 4. The Bertz CT molecular complexity index is 5340. The Morgan fingerprint density at radius 3 is 1.88 bits per heavy atom.